The molecule has 1 fully saturated rings. The van der Waals surface area contributed by atoms with Crippen molar-refractivity contribution in [2.24, 2.45) is 0 Å². The summed E-state index contributed by atoms with van der Waals surface area (Å²) in [7, 11) is 0. The van der Waals surface area contributed by atoms with Crippen LogP contribution in [-0.4, -0.2) is 49.5 Å². The minimum absolute atomic E-state index is 0.0332. The lowest BCUT2D eigenvalue weighted by molar-refractivity contribution is -0.180. The highest BCUT2D eigenvalue weighted by Crippen LogP contribution is 2.39. The lowest BCUT2D eigenvalue weighted by Crippen LogP contribution is -2.43. The molecule has 4 aromatic rings. The molecule has 0 aliphatic carbocycles. The normalized spacial score (nSPS) is 19.3. The zero-order valence-corrected chi connectivity index (χ0v) is 24.3. The number of anilines is 1. The van der Waals surface area contributed by atoms with Crippen LogP contribution >= 0.6 is 27.7 Å². The van der Waals surface area contributed by atoms with Crippen molar-refractivity contribution in [3.8, 4) is 0 Å². The molecule has 2 heterocycles. The minimum atomic E-state index is -1.72. The van der Waals surface area contributed by atoms with Gasteiger partial charge in [-0.1, -0.05) is 41.1 Å². The van der Waals surface area contributed by atoms with Crippen LogP contribution in [0.25, 0.3) is 0 Å². The lowest BCUT2D eigenvalue weighted by atomic mass is 9.90. The molecule has 1 saturated heterocycles. The van der Waals surface area contributed by atoms with E-state index in [0.717, 1.165) is 22.2 Å². The number of hydrogen-bond donors (Lipinski definition) is 2. The number of benzene rings is 3. The number of halogens is 3. The third kappa shape index (κ3) is 7.02. The van der Waals surface area contributed by atoms with Crippen LogP contribution in [0, 0.1) is 11.6 Å². The average molecular weight is 646 g/mol. The smallest absolute Gasteiger partial charge is 0.255 e. The first-order valence-electron chi connectivity index (χ1n) is 12.8. The van der Waals surface area contributed by atoms with Crippen molar-refractivity contribution in [3.63, 3.8) is 0 Å². The summed E-state index contributed by atoms with van der Waals surface area (Å²) in [6.45, 7) is 2.32. The van der Waals surface area contributed by atoms with Crippen LogP contribution in [0.1, 0.15) is 34.7 Å². The molecule has 12 heteroatoms. The number of nitrogens with one attached hydrogen (secondary N) is 1. The molecular weight excluding hydrogens is 618 g/mol. The molecule has 8 nitrogen and oxygen atoms in total. The highest BCUT2D eigenvalue weighted by molar-refractivity contribution is 9.10. The summed E-state index contributed by atoms with van der Waals surface area (Å²) in [5, 5.41) is 17.9. The van der Waals surface area contributed by atoms with Crippen LogP contribution < -0.4 is 5.32 Å². The Labute approximate surface area is 248 Å². The van der Waals surface area contributed by atoms with Crippen molar-refractivity contribution < 1.29 is 28.2 Å². The fourth-order valence-corrected chi connectivity index (χ4v) is 6.10. The molecule has 2 atom stereocenters. The molecule has 1 aliphatic rings. The van der Waals surface area contributed by atoms with Crippen LogP contribution in [0.15, 0.2) is 83.9 Å². The number of amides is 1. The second kappa shape index (κ2) is 12.8. The first-order chi connectivity index (χ1) is 19.7. The molecule has 0 saturated carbocycles. The number of carbonyl (C=O) groups is 1. The topological polar surface area (TPSA) is 98.5 Å². The third-order valence-electron chi connectivity index (χ3n) is 6.75. The average Bonchev–Trinajstić information content (AvgIpc) is 3.47. The van der Waals surface area contributed by atoms with Crippen molar-refractivity contribution in [1.82, 2.24) is 14.8 Å². The van der Waals surface area contributed by atoms with E-state index in [9.17, 15) is 18.7 Å². The molecule has 3 aromatic carbocycles. The van der Waals surface area contributed by atoms with Gasteiger partial charge in [-0.05, 0) is 42.5 Å². The Morgan fingerprint density at radius 2 is 1.85 bits per heavy atom. The van der Waals surface area contributed by atoms with Crippen molar-refractivity contribution in [1.29, 1.82) is 0 Å². The first kappa shape index (κ1) is 29.3. The van der Waals surface area contributed by atoms with Gasteiger partial charge in [-0.2, -0.15) is 5.10 Å². The predicted molar refractivity (Wildman–Crippen MR) is 154 cm³/mol. The standard InChI is InChI=1S/C29H27BrF2N4O4S/c1-18(29(38,15-36-17-33-16-34-36)25-11-8-22(31)12-26(25)32)41-24-13-39-28(40-14-24)20-4-2-19(3-5-20)27(37)35-23-9-6-21(30)7-10-23/h2-12,16-18,24,28,38H,13-15H2,1H3,(H,35,37)/t18-,24?,28?,29-/m1/s1. The maximum Gasteiger partial charge on any atom is 0.255 e. The molecule has 2 N–H and O–H groups in total. The predicted octanol–water partition coefficient (Wildman–Crippen LogP) is 5.69. The van der Waals surface area contributed by atoms with E-state index in [1.165, 1.54) is 35.2 Å². The Hall–Kier alpha value is -3.16. The second-order valence-corrected chi connectivity index (χ2v) is 12.2. The van der Waals surface area contributed by atoms with Gasteiger partial charge >= 0.3 is 0 Å². The van der Waals surface area contributed by atoms with Gasteiger partial charge in [0.15, 0.2) is 6.29 Å². The van der Waals surface area contributed by atoms with E-state index in [-0.39, 0.29) is 23.3 Å². The number of aliphatic hydroxyl groups is 1. The summed E-state index contributed by atoms with van der Waals surface area (Å²) in [6.07, 6.45) is 2.13. The monoisotopic (exact) mass is 644 g/mol. The van der Waals surface area contributed by atoms with Crippen LogP contribution in [0.5, 0.6) is 0 Å². The van der Waals surface area contributed by atoms with E-state index in [2.05, 4.69) is 31.3 Å². The fraction of sp³-hybridized carbons (Fsp3) is 0.276. The molecule has 214 valence electrons. The second-order valence-electron chi connectivity index (χ2n) is 9.62. The zero-order chi connectivity index (χ0) is 29.0. The molecule has 0 spiro atoms. The Balaban J connectivity index is 1.20. The van der Waals surface area contributed by atoms with Gasteiger partial charge in [0.1, 0.15) is 29.9 Å². The van der Waals surface area contributed by atoms with E-state index in [0.29, 0.717) is 24.5 Å². The van der Waals surface area contributed by atoms with Gasteiger partial charge in [0.05, 0.1) is 25.0 Å². The maximum atomic E-state index is 14.8. The van der Waals surface area contributed by atoms with Crippen LogP contribution in [0.3, 0.4) is 0 Å². The van der Waals surface area contributed by atoms with Crippen molar-refractivity contribution in [3.05, 3.63) is 112 Å². The zero-order valence-electron chi connectivity index (χ0n) is 21.9. The minimum Gasteiger partial charge on any atom is -0.382 e. The summed E-state index contributed by atoms with van der Waals surface area (Å²) in [5.74, 6) is -1.80. The molecule has 1 amide bonds. The quantitative estimate of drug-likeness (QED) is 0.241. The van der Waals surface area contributed by atoms with E-state index in [1.54, 1.807) is 43.3 Å². The van der Waals surface area contributed by atoms with Gasteiger partial charge in [0.25, 0.3) is 5.91 Å². The summed E-state index contributed by atoms with van der Waals surface area (Å²) >= 11 is 4.76. The van der Waals surface area contributed by atoms with Gasteiger partial charge in [0, 0.05) is 38.2 Å². The SMILES string of the molecule is C[C@@H](SC1COC(c2ccc(C(=O)Nc3ccc(Br)cc3)cc2)OC1)[C@](O)(Cn1cncn1)c1ccc(F)cc1F. The highest BCUT2D eigenvalue weighted by atomic mass is 79.9. The van der Waals surface area contributed by atoms with Crippen LogP contribution in [0.4, 0.5) is 14.5 Å². The number of aromatic nitrogens is 3. The summed E-state index contributed by atoms with van der Waals surface area (Å²) in [6, 6.07) is 17.4. The Kier molecular flexibility index (Phi) is 9.15. The molecule has 0 radical (unpaired) electrons. The van der Waals surface area contributed by atoms with Crippen LogP contribution in [0.2, 0.25) is 0 Å². The number of hydrogen-bond acceptors (Lipinski definition) is 7. The largest absolute Gasteiger partial charge is 0.382 e. The molecule has 41 heavy (non-hydrogen) atoms. The molecular formula is C29H27BrF2N4O4S. The van der Waals surface area contributed by atoms with Crippen molar-refractivity contribution in [2.75, 3.05) is 18.5 Å². The first-order valence-corrected chi connectivity index (χ1v) is 14.5. The number of nitrogens with zero attached hydrogens (tertiary/aromatic N) is 3. The van der Waals surface area contributed by atoms with Crippen molar-refractivity contribution >= 4 is 39.3 Å². The molecule has 5 rings (SSSR count). The van der Waals surface area contributed by atoms with Gasteiger partial charge < -0.3 is 19.9 Å². The van der Waals surface area contributed by atoms with Gasteiger partial charge in [-0.3, -0.25) is 4.79 Å². The van der Waals surface area contributed by atoms with Gasteiger partial charge in [0.2, 0.25) is 0 Å². The fourth-order valence-electron chi connectivity index (χ4n) is 4.52. The van der Waals surface area contributed by atoms with Gasteiger partial charge in [-0.15, -0.1) is 11.8 Å². The summed E-state index contributed by atoms with van der Waals surface area (Å²) < 4.78 is 42.7. The van der Waals surface area contributed by atoms with E-state index < -0.39 is 28.8 Å². The number of rotatable bonds is 9. The van der Waals surface area contributed by atoms with E-state index in [1.807, 2.05) is 12.1 Å². The number of thioether (sulfide) groups is 1. The number of carbonyl (C=O) groups excluding carboxylic acids is 1. The highest BCUT2D eigenvalue weighted by Gasteiger charge is 2.41. The van der Waals surface area contributed by atoms with Crippen LogP contribution in [-0.2, 0) is 21.6 Å². The molecule has 0 bridgehead atoms. The van der Waals surface area contributed by atoms with E-state index >= 15 is 0 Å². The third-order valence-corrected chi connectivity index (χ3v) is 8.73. The number of ether oxygens (including phenoxy) is 2. The Bertz CT molecular complexity index is 1470. The van der Waals surface area contributed by atoms with Crippen molar-refractivity contribution in [2.45, 2.75) is 35.9 Å². The Morgan fingerprint density at radius 3 is 2.49 bits per heavy atom. The summed E-state index contributed by atoms with van der Waals surface area (Å²) in [4.78, 5) is 16.5. The van der Waals surface area contributed by atoms with Gasteiger partial charge in [-0.25, -0.2) is 18.4 Å². The molecule has 0 unspecified atom stereocenters. The summed E-state index contributed by atoms with van der Waals surface area (Å²) in [5.41, 5.74) is 0.190. The lowest BCUT2D eigenvalue weighted by Gasteiger charge is -2.37. The Morgan fingerprint density at radius 1 is 1.15 bits per heavy atom. The molecule has 1 aliphatic heterocycles. The molecule has 1 aromatic heterocycles. The maximum absolute atomic E-state index is 14.8. The van der Waals surface area contributed by atoms with E-state index in [4.69, 9.17) is 9.47 Å².